The molecule has 0 aliphatic heterocycles. The number of pyridine rings is 1. The molecule has 0 atom stereocenters. The number of aryl methyl sites for hydroxylation is 3. The summed E-state index contributed by atoms with van der Waals surface area (Å²) in [5.41, 5.74) is 3.91. The second-order valence-electron chi connectivity index (χ2n) is 7.04. The average molecular weight is 385 g/mol. The first kappa shape index (κ1) is 18.6. The molecule has 144 valence electrons. The Kier molecular flexibility index (Phi) is 4.72. The highest BCUT2D eigenvalue weighted by atomic mass is 16.5. The van der Waals surface area contributed by atoms with Crippen LogP contribution in [-0.2, 0) is 0 Å². The van der Waals surface area contributed by atoms with Gasteiger partial charge in [0.1, 0.15) is 5.58 Å². The number of carbonyl (C=O) groups is 1. The molecule has 0 N–H and O–H groups in total. The van der Waals surface area contributed by atoms with Crippen LogP contribution in [0.1, 0.15) is 27.0 Å². The second-order valence-corrected chi connectivity index (χ2v) is 7.04. The van der Waals surface area contributed by atoms with E-state index in [0.717, 1.165) is 16.7 Å². The zero-order chi connectivity index (χ0) is 20.5. The van der Waals surface area contributed by atoms with Crippen molar-refractivity contribution in [3.63, 3.8) is 0 Å². The van der Waals surface area contributed by atoms with Gasteiger partial charge in [0, 0.05) is 18.0 Å². The van der Waals surface area contributed by atoms with Gasteiger partial charge in [0.05, 0.1) is 10.9 Å². The van der Waals surface area contributed by atoms with E-state index in [0.29, 0.717) is 22.1 Å². The predicted octanol–water partition coefficient (Wildman–Crippen LogP) is 5.00. The highest BCUT2D eigenvalue weighted by Crippen LogP contribution is 2.33. The molecule has 2 heterocycles. The zero-order valence-corrected chi connectivity index (χ0v) is 16.4. The van der Waals surface area contributed by atoms with Gasteiger partial charge in [0.15, 0.2) is 5.76 Å². The molecule has 0 saturated carbocycles. The Labute approximate surface area is 167 Å². The highest BCUT2D eigenvalue weighted by molar-refractivity contribution is 5.93. The van der Waals surface area contributed by atoms with Gasteiger partial charge in [-0.3, -0.25) is 9.78 Å². The maximum atomic E-state index is 13.3. The maximum absolute atomic E-state index is 13.3. The monoisotopic (exact) mass is 385 g/mol. The summed E-state index contributed by atoms with van der Waals surface area (Å²) in [7, 11) is 0. The lowest BCUT2D eigenvalue weighted by Gasteiger charge is -2.12. The first-order valence-corrected chi connectivity index (χ1v) is 9.21. The topological polar surface area (TPSA) is 69.4 Å². The minimum Gasteiger partial charge on any atom is -0.452 e. The van der Waals surface area contributed by atoms with Gasteiger partial charge in [-0.1, -0.05) is 35.9 Å². The van der Waals surface area contributed by atoms with Crippen molar-refractivity contribution >= 4 is 16.9 Å². The summed E-state index contributed by atoms with van der Waals surface area (Å²) in [4.78, 5) is 29.9. The Hall–Kier alpha value is -3.73. The second kappa shape index (κ2) is 7.36. The predicted molar refractivity (Wildman–Crippen MR) is 111 cm³/mol. The van der Waals surface area contributed by atoms with Crippen molar-refractivity contribution in [2.24, 2.45) is 0 Å². The van der Waals surface area contributed by atoms with Crippen LogP contribution >= 0.6 is 0 Å². The lowest BCUT2D eigenvalue weighted by molar-refractivity contribution is 0.0731. The fourth-order valence-corrected chi connectivity index (χ4v) is 3.26. The molecule has 4 rings (SSSR count). The summed E-state index contributed by atoms with van der Waals surface area (Å²) in [6.45, 7) is 5.76. The number of aromatic nitrogens is 1. The lowest BCUT2D eigenvalue weighted by Crippen LogP contribution is -2.16. The quantitative estimate of drug-likeness (QED) is 0.464. The molecular formula is C24H19NO4. The molecule has 29 heavy (non-hydrogen) atoms. The van der Waals surface area contributed by atoms with Crippen LogP contribution in [0.25, 0.3) is 22.3 Å². The summed E-state index contributed by atoms with van der Waals surface area (Å²) < 4.78 is 11.7. The van der Waals surface area contributed by atoms with Crippen molar-refractivity contribution in [2.45, 2.75) is 20.8 Å². The van der Waals surface area contributed by atoms with Gasteiger partial charge in [0.2, 0.25) is 11.2 Å². The fourth-order valence-electron chi connectivity index (χ4n) is 3.26. The van der Waals surface area contributed by atoms with Gasteiger partial charge in [-0.05, 0) is 50.1 Å². The number of rotatable bonds is 3. The van der Waals surface area contributed by atoms with Crippen LogP contribution in [0.5, 0.6) is 5.75 Å². The SMILES string of the molecule is Cc1ccc(-c2oc3c(C)cc(C)cc3c(=O)c2OC(=O)c2ccncc2)cc1. The third kappa shape index (κ3) is 3.55. The molecule has 0 bridgehead atoms. The van der Waals surface area contributed by atoms with Crippen LogP contribution in [0.2, 0.25) is 0 Å². The molecule has 5 heteroatoms. The van der Waals surface area contributed by atoms with Crippen LogP contribution in [0.4, 0.5) is 0 Å². The van der Waals surface area contributed by atoms with Gasteiger partial charge in [-0.15, -0.1) is 0 Å². The minimum absolute atomic E-state index is 0.117. The van der Waals surface area contributed by atoms with Crippen molar-refractivity contribution < 1.29 is 13.9 Å². The Morgan fingerprint density at radius 2 is 1.62 bits per heavy atom. The molecule has 0 spiro atoms. The molecule has 0 amide bonds. The lowest BCUT2D eigenvalue weighted by atomic mass is 10.0. The standard InChI is InChI=1S/C24H19NO4/c1-14-4-6-17(7-5-14)22-23(29-24(27)18-8-10-25-11-9-18)20(26)19-13-15(2)12-16(3)21(19)28-22/h4-13H,1-3H3. The molecule has 0 aliphatic carbocycles. The van der Waals surface area contributed by atoms with Gasteiger partial charge < -0.3 is 9.15 Å². The number of carbonyl (C=O) groups excluding carboxylic acids is 1. The van der Waals surface area contributed by atoms with Crippen molar-refractivity contribution in [1.82, 2.24) is 4.98 Å². The van der Waals surface area contributed by atoms with Crippen LogP contribution in [0.15, 0.2) is 70.1 Å². The van der Waals surface area contributed by atoms with Gasteiger partial charge in [0.25, 0.3) is 0 Å². The molecule has 2 aromatic carbocycles. The number of benzene rings is 2. The Morgan fingerprint density at radius 3 is 2.31 bits per heavy atom. The molecule has 0 aliphatic rings. The van der Waals surface area contributed by atoms with E-state index in [1.807, 2.05) is 51.1 Å². The summed E-state index contributed by atoms with van der Waals surface area (Å²) in [6.07, 6.45) is 2.99. The van der Waals surface area contributed by atoms with E-state index in [4.69, 9.17) is 9.15 Å². The fraction of sp³-hybridized carbons (Fsp3) is 0.125. The number of hydrogen-bond donors (Lipinski definition) is 0. The van der Waals surface area contributed by atoms with E-state index in [-0.39, 0.29) is 16.9 Å². The van der Waals surface area contributed by atoms with Crippen LogP contribution in [0.3, 0.4) is 0 Å². The minimum atomic E-state index is -0.642. The molecule has 0 fully saturated rings. The van der Waals surface area contributed by atoms with Crippen LogP contribution in [0, 0.1) is 20.8 Å². The van der Waals surface area contributed by atoms with E-state index in [2.05, 4.69) is 4.98 Å². The molecule has 0 unspecified atom stereocenters. The molecular weight excluding hydrogens is 366 g/mol. The van der Waals surface area contributed by atoms with E-state index >= 15 is 0 Å². The van der Waals surface area contributed by atoms with Crippen molar-refractivity contribution in [3.05, 3.63) is 93.4 Å². The summed E-state index contributed by atoms with van der Waals surface area (Å²) in [5.74, 6) is -0.526. The third-order valence-electron chi connectivity index (χ3n) is 4.70. The molecule has 5 nitrogen and oxygen atoms in total. The Bertz CT molecular complexity index is 1270. The number of nitrogens with zero attached hydrogens (tertiary/aromatic N) is 1. The molecule has 2 aromatic heterocycles. The zero-order valence-electron chi connectivity index (χ0n) is 16.4. The largest absolute Gasteiger partial charge is 0.452 e. The molecule has 0 saturated heterocycles. The first-order valence-electron chi connectivity index (χ1n) is 9.21. The van der Waals surface area contributed by atoms with E-state index < -0.39 is 5.97 Å². The highest BCUT2D eigenvalue weighted by Gasteiger charge is 2.22. The van der Waals surface area contributed by atoms with Gasteiger partial charge in [-0.25, -0.2) is 4.79 Å². The van der Waals surface area contributed by atoms with Crippen molar-refractivity contribution in [2.75, 3.05) is 0 Å². The third-order valence-corrected chi connectivity index (χ3v) is 4.70. The normalized spacial score (nSPS) is 10.9. The number of ether oxygens (including phenoxy) is 1. The average Bonchev–Trinajstić information content (AvgIpc) is 2.71. The van der Waals surface area contributed by atoms with Crippen LogP contribution < -0.4 is 10.2 Å². The van der Waals surface area contributed by atoms with Crippen molar-refractivity contribution in [1.29, 1.82) is 0 Å². The van der Waals surface area contributed by atoms with Gasteiger partial charge >= 0.3 is 5.97 Å². The Morgan fingerprint density at radius 1 is 0.931 bits per heavy atom. The number of esters is 1. The van der Waals surface area contributed by atoms with E-state index in [9.17, 15) is 9.59 Å². The Balaban J connectivity index is 1.96. The smallest absolute Gasteiger partial charge is 0.343 e. The van der Waals surface area contributed by atoms with Crippen LogP contribution in [-0.4, -0.2) is 11.0 Å². The van der Waals surface area contributed by atoms with Gasteiger partial charge in [-0.2, -0.15) is 0 Å². The summed E-state index contributed by atoms with van der Waals surface area (Å²) >= 11 is 0. The first-order chi connectivity index (χ1) is 13.9. The summed E-state index contributed by atoms with van der Waals surface area (Å²) in [5, 5.41) is 0.385. The van der Waals surface area contributed by atoms with E-state index in [1.165, 1.54) is 24.5 Å². The number of hydrogen-bond acceptors (Lipinski definition) is 5. The van der Waals surface area contributed by atoms with Crippen molar-refractivity contribution in [3.8, 4) is 17.1 Å². The maximum Gasteiger partial charge on any atom is 0.343 e. The molecule has 0 radical (unpaired) electrons. The molecule has 4 aromatic rings. The summed E-state index contributed by atoms with van der Waals surface area (Å²) in [6, 6.07) is 14.3. The van der Waals surface area contributed by atoms with E-state index in [1.54, 1.807) is 6.07 Å². The number of fused-ring (bicyclic) bond motifs is 1.